The zero-order chi connectivity index (χ0) is 24.8. The number of rotatable bonds is 4. The SMILES string of the molecule is COc1ccc(C2/C(=C(/O)c3c[nH]c4ccccc34)C(=O)C(=O)N2c2ccc3c(c2)OCCO3)cc1. The second-order valence-electron chi connectivity index (χ2n) is 8.52. The molecule has 2 aliphatic heterocycles. The summed E-state index contributed by atoms with van der Waals surface area (Å²) in [5.41, 5.74) is 2.36. The number of Topliss-reactive ketones (excluding diaryl/α,β-unsaturated/α-hetero) is 1. The molecule has 0 aliphatic carbocycles. The summed E-state index contributed by atoms with van der Waals surface area (Å²) in [4.78, 5) is 31.4. The van der Waals surface area contributed by atoms with E-state index in [9.17, 15) is 14.7 Å². The molecule has 3 aromatic carbocycles. The molecule has 8 nitrogen and oxygen atoms in total. The Morgan fingerprint density at radius 3 is 2.53 bits per heavy atom. The van der Waals surface area contributed by atoms with Gasteiger partial charge in [0.15, 0.2) is 11.5 Å². The molecule has 0 radical (unpaired) electrons. The number of hydrogen-bond acceptors (Lipinski definition) is 6. The van der Waals surface area contributed by atoms with E-state index in [-0.39, 0.29) is 11.3 Å². The second kappa shape index (κ2) is 8.49. The molecule has 2 N–H and O–H groups in total. The van der Waals surface area contributed by atoms with Crippen LogP contribution < -0.4 is 19.1 Å². The lowest BCUT2D eigenvalue weighted by molar-refractivity contribution is -0.132. The molecule has 1 amide bonds. The van der Waals surface area contributed by atoms with Gasteiger partial charge in [-0.1, -0.05) is 30.3 Å². The van der Waals surface area contributed by atoms with Gasteiger partial charge in [0.1, 0.15) is 24.7 Å². The Morgan fingerprint density at radius 1 is 1.00 bits per heavy atom. The maximum absolute atomic E-state index is 13.5. The van der Waals surface area contributed by atoms with E-state index < -0.39 is 17.7 Å². The first kappa shape index (κ1) is 21.8. The van der Waals surface area contributed by atoms with Gasteiger partial charge in [-0.3, -0.25) is 14.5 Å². The third-order valence-electron chi connectivity index (χ3n) is 6.52. The molecule has 180 valence electrons. The molecular formula is C28H22N2O6. The third-order valence-corrected chi connectivity index (χ3v) is 6.52. The molecule has 1 aromatic heterocycles. The number of aliphatic hydroxyl groups excluding tert-OH is 1. The highest BCUT2D eigenvalue weighted by molar-refractivity contribution is 6.51. The van der Waals surface area contributed by atoms with Crippen LogP contribution in [0.5, 0.6) is 17.2 Å². The van der Waals surface area contributed by atoms with E-state index in [1.54, 1.807) is 55.8 Å². The topological polar surface area (TPSA) is 101 Å². The van der Waals surface area contributed by atoms with Crippen LogP contribution in [-0.2, 0) is 9.59 Å². The highest BCUT2D eigenvalue weighted by Crippen LogP contribution is 2.45. The van der Waals surface area contributed by atoms with Gasteiger partial charge in [0.05, 0.1) is 18.7 Å². The number of benzene rings is 3. The minimum atomic E-state index is -0.868. The van der Waals surface area contributed by atoms with Crippen molar-refractivity contribution >= 4 is 34.0 Å². The summed E-state index contributed by atoms with van der Waals surface area (Å²) < 4.78 is 16.6. The quantitative estimate of drug-likeness (QED) is 0.251. The number of carbonyl (C=O) groups excluding carboxylic acids is 2. The smallest absolute Gasteiger partial charge is 0.300 e. The molecule has 8 heteroatoms. The summed E-state index contributed by atoms with van der Waals surface area (Å²) in [5.74, 6) is -0.0622. The average Bonchev–Trinajstić information content (AvgIpc) is 3.47. The van der Waals surface area contributed by atoms with Crippen molar-refractivity contribution in [2.45, 2.75) is 6.04 Å². The molecule has 6 rings (SSSR count). The number of aliphatic hydroxyl groups is 1. The van der Waals surface area contributed by atoms with Crippen LogP contribution in [0.4, 0.5) is 5.69 Å². The zero-order valence-electron chi connectivity index (χ0n) is 19.4. The number of aromatic amines is 1. The Morgan fingerprint density at radius 2 is 1.75 bits per heavy atom. The monoisotopic (exact) mass is 482 g/mol. The molecular weight excluding hydrogens is 460 g/mol. The van der Waals surface area contributed by atoms with Gasteiger partial charge in [-0.15, -0.1) is 0 Å². The Bertz CT molecular complexity index is 1540. The summed E-state index contributed by atoms with van der Waals surface area (Å²) in [5, 5.41) is 12.2. The van der Waals surface area contributed by atoms with Crippen molar-refractivity contribution in [1.82, 2.24) is 4.98 Å². The van der Waals surface area contributed by atoms with Gasteiger partial charge in [-0.05, 0) is 35.9 Å². The molecule has 36 heavy (non-hydrogen) atoms. The average molecular weight is 482 g/mol. The number of hydrogen-bond donors (Lipinski definition) is 2. The predicted molar refractivity (Wildman–Crippen MR) is 134 cm³/mol. The Hall–Kier alpha value is -4.72. The number of ketones is 1. The van der Waals surface area contributed by atoms with Crippen molar-refractivity contribution in [3.63, 3.8) is 0 Å². The number of anilines is 1. The number of methoxy groups -OCH3 is 1. The van der Waals surface area contributed by atoms with E-state index in [0.717, 1.165) is 10.9 Å². The number of nitrogens with zero attached hydrogens (tertiary/aromatic N) is 1. The largest absolute Gasteiger partial charge is 0.507 e. The molecule has 4 aromatic rings. The summed E-state index contributed by atoms with van der Waals surface area (Å²) in [6.45, 7) is 0.824. The number of amides is 1. The Balaban J connectivity index is 1.55. The van der Waals surface area contributed by atoms with Crippen molar-refractivity contribution in [2.24, 2.45) is 0 Å². The zero-order valence-corrected chi connectivity index (χ0v) is 19.4. The Kier molecular flexibility index (Phi) is 5.14. The number of ether oxygens (including phenoxy) is 3. The summed E-state index contributed by atoms with van der Waals surface area (Å²) in [7, 11) is 1.56. The number of H-pyrrole nitrogens is 1. The van der Waals surface area contributed by atoms with E-state index in [4.69, 9.17) is 14.2 Å². The number of para-hydroxylation sites is 1. The van der Waals surface area contributed by atoms with E-state index in [0.29, 0.717) is 47.3 Å². The summed E-state index contributed by atoms with van der Waals surface area (Å²) >= 11 is 0. The van der Waals surface area contributed by atoms with Gasteiger partial charge in [0.25, 0.3) is 11.7 Å². The molecule has 1 fully saturated rings. The first-order chi connectivity index (χ1) is 17.6. The van der Waals surface area contributed by atoms with Gasteiger partial charge in [-0.25, -0.2) is 0 Å². The maximum Gasteiger partial charge on any atom is 0.300 e. The standard InChI is InChI=1S/C28H22N2O6/c1-34-18-9-6-16(7-10-18)25-24(26(31)20-15-29-21-5-3-2-4-19(20)21)27(32)28(33)30(25)17-8-11-22-23(14-17)36-13-12-35-22/h2-11,14-15,25,29,31H,12-13H2,1H3/b26-24-. The lowest BCUT2D eigenvalue weighted by atomic mass is 9.95. The number of aromatic nitrogens is 1. The summed E-state index contributed by atoms with van der Waals surface area (Å²) in [6, 6.07) is 18.8. The van der Waals surface area contributed by atoms with Crippen LogP contribution in [0.2, 0.25) is 0 Å². The first-order valence-corrected chi connectivity index (χ1v) is 11.5. The number of carbonyl (C=O) groups is 2. The van der Waals surface area contributed by atoms with Gasteiger partial charge in [0, 0.05) is 34.4 Å². The van der Waals surface area contributed by atoms with Crippen molar-refractivity contribution < 1.29 is 28.9 Å². The van der Waals surface area contributed by atoms with Crippen molar-refractivity contribution in [1.29, 1.82) is 0 Å². The van der Waals surface area contributed by atoms with Crippen LogP contribution in [0.1, 0.15) is 17.2 Å². The van der Waals surface area contributed by atoms with Gasteiger partial charge in [0.2, 0.25) is 0 Å². The van der Waals surface area contributed by atoms with E-state index in [2.05, 4.69) is 4.98 Å². The van der Waals surface area contributed by atoms with Crippen LogP contribution in [0.25, 0.3) is 16.7 Å². The molecule has 0 bridgehead atoms. The van der Waals surface area contributed by atoms with Crippen LogP contribution in [-0.4, -0.2) is 42.1 Å². The van der Waals surface area contributed by atoms with E-state index in [1.165, 1.54) is 4.90 Å². The summed E-state index contributed by atoms with van der Waals surface area (Å²) in [6.07, 6.45) is 1.64. The fourth-order valence-electron chi connectivity index (χ4n) is 4.79. The molecule has 1 atom stereocenters. The molecule has 3 heterocycles. The van der Waals surface area contributed by atoms with E-state index >= 15 is 0 Å². The van der Waals surface area contributed by atoms with Gasteiger partial charge >= 0.3 is 0 Å². The lowest BCUT2D eigenvalue weighted by Gasteiger charge is -2.27. The maximum atomic E-state index is 13.5. The third kappa shape index (κ3) is 3.38. The van der Waals surface area contributed by atoms with Gasteiger partial charge in [-0.2, -0.15) is 0 Å². The van der Waals surface area contributed by atoms with Crippen LogP contribution >= 0.6 is 0 Å². The fourth-order valence-corrected chi connectivity index (χ4v) is 4.79. The fraction of sp³-hybridized carbons (Fsp3) is 0.143. The van der Waals surface area contributed by atoms with Crippen LogP contribution in [0.3, 0.4) is 0 Å². The Labute approximate surface area is 206 Å². The molecule has 0 saturated carbocycles. The lowest BCUT2D eigenvalue weighted by Crippen LogP contribution is -2.29. The number of fused-ring (bicyclic) bond motifs is 2. The minimum absolute atomic E-state index is 0.00445. The number of nitrogens with one attached hydrogen (secondary N) is 1. The minimum Gasteiger partial charge on any atom is -0.507 e. The predicted octanol–water partition coefficient (Wildman–Crippen LogP) is 4.57. The normalized spacial score (nSPS) is 18.6. The molecule has 1 unspecified atom stereocenters. The highest BCUT2D eigenvalue weighted by Gasteiger charge is 2.47. The first-order valence-electron chi connectivity index (χ1n) is 11.5. The van der Waals surface area contributed by atoms with Crippen LogP contribution in [0.15, 0.2) is 78.5 Å². The van der Waals surface area contributed by atoms with Gasteiger partial charge < -0.3 is 24.3 Å². The van der Waals surface area contributed by atoms with Crippen molar-refractivity contribution in [3.05, 3.63) is 89.6 Å². The van der Waals surface area contributed by atoms with Crippen molar-refractivity contribution in [2.75, 3.05) is 25.2 Å². The second-order valence-corrected chi connectivity index (χ2v) is 8.52. The van der Waals surface area contributed by atoms with Crippen molar-refractivity contribution in [3.8, 4) is 17.2 Å². The van der Waals surface area contributed by atoms with Crippen LogP contribution in [0, 0.1) is 0 Å². The molecule has 1 saturated heterocycles. The molecule has 2 aliphatic rings. The molecule has 0 spiro atoms. The highest BCUT2D eigenvalue weighted by atomic mass is 16.6. The van der Waals surface area contributed by atoms with E-state index in [1.807, 2.05) is 24.3 Å².